The summed E-state index contributed by atoms with van der Waals surface area (Å²) in [5.41, 5.74) is 0.827. The molecule has 0 aliphatic carbocycles. The fourth-order valence-electron chi connectivity index (χ4n) is 2.63. The molecular weight excluding hydrogens is 330 g/mol. The minimum absolute atomic E-state index is 0.155. The van der Waals surface area contributed by atoms with Gasteiger partial charge in [-0.1, -0.05) is 55.5 Å². The van der Waals surface area contributed by atoms with E-state index in [4.69, 9.17) is 4.74 Å². The second kappa shape index (κ2) is 8.08. The molecule has 0 fully saturated rings. The van der Waals surface area contributed by atoms with Crippen LogP contribution in [0.5, 0.6) is 5.75 Å². The number of ether oxygens (including phenoxy) is 1. The number of fused-ring (bicyclic) bond motifs is 1. The number of amides is 1. The normalized spacial score (nSPS) is 11.9. The van der Waals surface area contributed by atoms with Crippen LogP contribution < -0.4 is 10.1 Å². The maximum Gasteiger partial charge on any atom is 0.265 e. The highest BCUT2D eigenvalue weighted by Crippen LogP contribution is 2.28. The lowest BCUT2D eigenvalue weighted by Crippen LogP contribution is -2.30. The molecule has 0 saturated carbocycles. The number of rotatable bonds is 6. The largest absolute Gasteiger partial charge is 0.480 e. The second-order valence-electron chi connectivity index (χ2n) is 5.66. The van der Waals surface area contributed by atoms with E-state index in [0.717, 1.165) is 32.9 Å². The summed E-state index contributed by atoms with van der Waals surface area (Å²) in [6, 6.07) is 21.7. The first-order chi connectivity index (χ1) is 12.2. The lowest BCUT2D eigenvalue weighted by Gasteiger charge is -2.17. The van der Waals surface area contributed by atoms with Crippen molar-refractivity contribution in [3.8, 4) is 5.75 Å². The fourth-order valence-corrected chi connectivity index (χ4v) is 3.39. The Morgan fingerprint density at radius 1 is 1.04 bits per heavy atom. The number of thioether (sulfide) groups is 1. The van der Waals surface area contributed by atoms with Gasteiger partial charge < -0.3 is 10.1 Å². The first-order valence-corrected chi connectivity index (χ1v) is 9.34. The highest BCUT2D eigenvalue weighted by molar-refractivity contribution is 7.99. The predicted octanol–water partition coefficient (Wildman–Crippen LogP) is 5.36. The highest BCUT2D eigenvalue weighted by Gasteiger charge is 2.17. The van der Waals surface area contributed by atoms with Crippen LogP contribution >= 0.6 is 11.8 Å². The Morgan fingerprint density at radius 3 is 2.60 bits per heavy atom. The molecule has 0 aliphatic rings. The van der Waals surface area contributed by atoms with Crippen molar-refractivity contribution in [2.24, 2.45) is 0 Å². The molecule has 0 aromatic heterocycles. The number of anilines is 1. The van der Waals surface area contributed by atoms with E-state index >= 15 is 0 Å². The van der Waals surface area contributed by atoms with Gasteiger partial charge in [-0.2, -0.15) is 0 Å². The quantitative estimate of drug-likeness (QED) is 0.608. The summed E-state index contributed by atoms with van der Waals surface area (Å²) < 4.78 is 5.94. The van der Waals surface area contributed by atoms with Gasteiger partial charge in [0.05, 0.1) is 5.69 Å². The Kier molecular flexibility index (Phi) is 5.61. The molecule has 3 nitrogen and oxygen atoms in total. The summed E-state index contributed by atoms with van der Waals surface area (Å²) >= 11 is 1.71. The summed E-state index contributed by atoms with van der Waals surface area (Å²) in [7, 11) is 0. The molecule has 0 aliphatic heterocycles. The van der Waals surface area contributed by atoms with E-state index in [1.807, 2.05) is 66.7 Å². The van der Waals surface area contributed by atoms with Crippen LogP contribution in [0.2, 0.25) is 0 Å². The molecule has 1 atom stereocenters. The molecule has 0 heterocycles. The van der Waals surface area contributed by atoms with E-state index < -0.39 is 6.10 Å². The van der Waals surface area contributed by atoms with Gasteiger partial charge in [-0.05, 0) is 36.3 Å². The van der Waals surface area contributed by atoms with Gasteiger partial charge in [-0.25, -0.2) is 0 Å². The van der Waals surface area contributed by atoms with Crippen molar-refractivity contribution in [3.63, 3.8) is 0 Å². The minimum atomic E-state index is -0.592. The van der Waals surface area contributed by atoms with Crippen LogP contribution in [-0.2, 0) is 4.79 Å². The number of benzene rings is 3. The summed E-state index contributed by atoms with van der Waals surface area (Å²) in [4.78, 5) is 13.6. The van der Waals surface area contributed by atoms with Crippen molar-refractivity contribution < 1.29 is 9.53 Å². The topological polar surface area (TPSA) is 38.3 Å². The standard InChI is InChI=1S/C21H21NO2S/c1-3-25-20-14-7-6-12-18(20)22-21(23)15(2)24-19-13-8-10-16-9-4-5-11-17(16)19/h4-15H,3H2,1-2H3,(H,22,23)/t15-/m0/s1. The number of hydrogen-bond acceptors (Lipinski definition) is 3. The first kappa shape index (κ1) is 17.4. The Bertz CT molecular complexity index is 873. The first-order valence-electron chi connectivity index (χ1n) is 8.36. The summed E-state index contributed by atoms with van der Waals surface area (Å²) in [5.74, 6) is 1.52. The number of carbonyl (C=O) groups excluding carboxylic acids is 1. The molecule has 0 unspecified atom stereocenters. The predicted molar refractivity (Wildman–Crippen MR) is 106 cm³/mol. The Morgan fingerprint density at radius 2 is 1.76 bits per heavy atom. The molecule has 0 bridgehead atoms. The van der Waals surface area contributed by atoms with Crippen LogP contribution in [0.4, 0.5) is 5.69 Å². The van der Waals surface area contributed by atoms with Crippen molar-refractivity contribution in [2.45, 2.75) is 24.8 Å². The molecule has 128 valence electrons. The number of hydrogen-bond donors (Lipinski definition) is 1. The van der Waals surface area contributed by atoms with Crippen molar-refractivity contribution in [3.05, 3.63) is 66.7 Å². The monoisotopic (exact) mass is 351 g/mol. The molecule has 0 spiro atoms. The lowest BCUT2D eigenvalue weighted by molar-refractivity contribution is -0.122. The average Bonchev–Trinajstić information content (AvgIpc) is 2.64. The average molecular weight is 351 g/mol. The third-order valence-corrected chi connectivity index (χ3v) is 4.82. The second-order valence-corrected chi connectivity index (χ2v) is 6.96. The van der Waals surface area contributed by atoms with Gasteiger partial charge in [-0.3, -0.25) is 4.79 Å². The van der Waals surface area contributed by atoms with Gasteiger partial charge in [0.25, 0.3) is 5.91 Å². The third-order valence-electron chi connectivity index (χ3n) is 3.87. The zero-order valence-corrected chi connectivity index (χ0v) is 15.2. The molecule has 0 radical (unpaired) electrons. The molecule has 3 aromatic carbocycles. The maximum absolute atomic E-state index is 12.6. The molecule has 3 aromatic rings. The number of nitrogens with one attached hydrogen (secondary N) is 1. The lowest BCUT2D eigenvalue weighted by atomic mass is 10.1. The molecular formula is C21H21NO2S. The van der Waals surface area contributed by atoms with Crippen molar-refractivity contribution in [1.82, 2.24) is 0 Å². The summed E-state index contributed by atoms with van der Waals surface area (Å²) in [6.07, 6.45) is -0.592. The van der Waals surface area contributed by atoms with Crippen molar-refractivity contribution in [1.29, 1.82) is 0 Å². The van der Waals surface area contributed by atoms with Gasteiger partial charge in [0.15, 0.2) is 6.10 Å². The third kappa shape index (κ3) is 4.15. The minimum Gasteiger partial charge on any atom is -0.480 e. The van der Waals surface area contributed by atoms with Gasteiger partial charge in [0.1, 0.15) is 5.75 Å². The van der Waals surface area contributed by atoms with Crippen LogP contribution in [0.1, 0.15) is 13.8 Å². The van der Waals surface area contributed by atoms with Crippen LogP contribution in [0.25, 0.3) is 10.8 Å². The van der Waals surface area contributed by atoms with Gasteiger partial charge in [-0.15, -0.1) is 11.8 Å². The molecule has 1 amide bonds. The van der Waals surface area contributed by atoms with Gasteiger partial charge in [0.2, 0.25) is 0 Å². The molecule has 4 heteroatoms. The summed E-state index contributed by atoms with van der Waals surface area (Å²) in [5, 5.41) is 5.08. The Balaban J connectivity index is 1.75. The smallest absolute Gasteiger partial charge is 0.265 e. The van der Waals surface area contributed by atoms with Crippen molar-refractivity contribution >= 4 is 34.1 Å². The summed E-state index contributed by atoms with van der Waals surface area (Å²) in [6.45, 7) is 3.86. The number of para-hydroxylation sites is 1. The number of carbonyl (C=O) groups is 1. The SMILES string of the molecule is CCSc1ccccc1NC(=O)[C@H](C)Oc1cccc2ccccc12. The zero-order valence-electron chi connectivity index (χ0n) is 14.4. The van der Waals surface area contributed by atoms with Crippen molar-refractivity contribution in [2.75, 3.05) is 11.1 Å². The van der Waals surface area contributed by atoms with E-state index in [9.17, 15) is 4.79 Å². The van der Waals surface area contributed by atoms with E-state index in [1.165, 1.54) is 0 Å². The maximum atomic E-state index is 12.6. The molecule has 3 rings (SSSR count). The van der Waals surface area contributed by atoms with Gasteiger partial charge in [0, 0.05) is 10.3 Å². The fraction of sp³-hybridized carbons (Fsp3) is 0.190. The Hall–Kier alpha value is -2.46. The van der Waals surface area contributed by atoms with E-state index in [2.05, 4.69) is 12.2 Å². The molecule has 1 N–H and O–H groups in total. The van der Waals surface area contributed by atoms with E-state index in [0.29, 0.717) is 0 Å². The Labute approximate surface area is 152 Å². The van der Waals surface area contributed by atoms with E-state index in [-0.39, 0.29) is 5.91 Å². The van der Waals surface area contributed by atoms with Crippen LogP contribution in [0.3, 0.4) is 0 Å². The highest BCUT2D eigenvalue weighted by atomic mass is 32.2. The van der Waals surface area contributed by atoms with Gasteiger partial charge >= 0.3 is 0 Å². The van der Waals surface area contributed by atoms with Crippen LogP contribution in [-0.4, -0.2) is 17.8 Å². The van der Waals surface area contributed by atoms with Crippen LogP contribution in [0, 0.1) is 0 Å². The molecule has 25 heavy (non-hydrogen) atoms. The molecule has 0 saturated heterocycles. The van der Waals surface area contributed by atoms with Crippen LogP contribution in [0.15, 0.2) is 71.6 Å². The van der Waals surface area contributed by atoms with E-state index in [1.54, 1.807) is 18.7 Å². The zero-order chi connectivity index (χ0) is 17.6.